The van der Waals surface area contributed by atoms with Crippen molar-refractivity contribution >= 4 is 30.8 Å². The highest BCUT2D eigenvalue weighted by molar-refractivity contribution is 6.41. The Morgan fingerprint density at radius 2 is 2.19 bits per heavy atom. The van der Waals surface area contributed by atoms with Gasteiger partial charge in [-0.05, 0) is 61.0 Å². The summed E-state index contributed by atoms with van der Waals surface area (Å²) in [6, 6.07) is 4.88. The number of nitrogens with two attached hydrogens (primary N) is 1. The summed E-state index contributed by atoms with van der Waals surface area (Å²) in [5.74, 6) is 1.39. The summed E-state index contributed by atoms with van der Waals surface area (Å²) in [7, 11) is 0.766. The van der Waals surface area contributed by atoms with Crippen LogP contribution in [0.3, 0.4) is 0 Å². The molecule has 0 saturated heterocycles. The van der Waals surface area contributed by atoms with Gasteiger partial charge in [-0.3, -0.25) is 0 Å². The molecule has 0 radical (unpaired) electrons. The van der Waals surface area contributed by atoms with Gasteiger partial charge in [0, 0.05) is 18.3 Å². The van der Waals surface area contributed by atoms with Gasteiger partial charge in [-0.25, -0.2) is 9.38 Å². The van der Waals surface area contributed by atoms with Crippen molar-refractivity contribution in [1.82, 2.24) is 5.32 Å². The van der Waals surface area contributed by atoms with Crippen LogP contribution >= 0.6 is 11.6 Å². The van der Waals surface area contributed by atoms with Crippen LogP contribution in [0.1, 0.15) is 31.2 Å². The number of rotatable bonds is 13. The van der Waals surface area contributed by atoms with Crippen molar-refractivity contribution in [2.45, 2.75) is 32.5 Å². The van der Waals surface area contributed by atoms with Crippen LogP contribution in [0.4, 0.5) is 4.39 Å². The van der Waals surface area contributed by atoms with Crippen molar-refractivity contribution in [3.05, 3.63) is 95.1 Å². The minimum atomic E-state index is -0.440. The van der Waals surface area contributed by atoms with Gasteiger partial charge in [-0.15, -0.1) is 0 Å². The third-order valence-electron chi connectivity index (χ3n) is 4.38. The minimum absolute atomic E-state index is 0.0538. The van der Waals surface area contributed by atoms with Crippen molar-refractivity contribution in [2.75, 3.05) is 6.54 Å². The van der Waals surface area contributed by atoms with Gasteiger partial charge < -0.3 is 16.5 Å². The molecule has 0 saturated carbocycles. The maximum atomic E-state index is 14.1. The molecule has 0 bridgehead atoms. The number of allylic oxidation sites excluding steroid dienone is 5. The van der Waals surface area contributed by atoms with E-state index in [-0.39, 0.29) is 10.9 Å². The Bertz CT molecular complexity index is 888. The van der Waals surface area contributed by atoms with Gasteiger partial charge in [0.2, 0.25) is 0 Å². The Labute approximate surface area is 190 Å². The van der Waals surface area contributed by atoms with Crippen molar-refractivity contribution in [1.29, 1.82) is 5.41 Å². The maximum absolute atomic E-state index is 14.1. The van der Waals surface area contributed by atoms with Crippen molar-refractivity contribution in [3.63, 3.8) is 0 Å². The fraction of sp³-hybridized carbons (Fsp3) is 0.250. The molecule has 7 heteroatoms. The maximum Gasteiger partial charge on any atom is 0.147 e. The molecule has 0 aromatic heterocycles. The number of nitrogens with zero attached hydrogens (tertiary/aromatic N) is 1. The van der Waals surface area contributed by atoms with Crippen LogP contribution in [0.5, 0.6) is 0 Å². The topological polar surface area (TPSA) is 74.3 Å². The van der Waals surface area contributed by atoms with Crippen LogP contribution in [-0.2, 0) is 0 Å². The van der Waals surface area contributed by atoms with Crippen LogP contribution in [0.2, 0.25) is 11.8 Å². The first-order chi connectivity index (χ1) is 15.0. The minimum Gasteiger partial charge on any atom is -0.368 e. The van der Waals surface area contributed by atoms with E-state index < -0.39 is 5.82 Å². The van der Waals surface area contributed by atoms with Gasteiger partial charge in [-0.1, -0.05) is 56.1 Å². The Morgan fingerprint density at radius 1 is 1.42 bits per heavy atom. The molecular formula is C24H31BClFN4. The molecule has 1 aromatic carbocycles. The van der Waals surface area contributed by atoms with Gasteiger partial charge in [0.1, 0.15) is 13.1 Å². The average molecular weight is 441 g/mol. The first kappa shape index (κ1) is 26.3. The fourth-order valence-corrected chi connectivity index (χ4v) is 2.93. The van der Waals surface area contributed by atoms with Gasteiger partial charge in [0.15, 0.2) is 0 Å². The second-order valence-corrected chi connectivity index (χ2v) is 7.08. The van der Waals surface area contributed by atoms with Gasteiger partial charge >= 0.3 is 0 Å². The molecule has 0 heterocycles. The van der Waals surface area contributed by atoms with Crippen LogP contribution in [0, 0.1) is 11.2 Å². The number of nitrogens with one attached hydrogen (secondary N) is 2. The third-order valence-corrected chi connectivity index (χ3v) is 4.69. The summed E-state index contributed by atoms with van der Waals surface area (Å²) >= 11 is 5.86. The lowest BCUT2D eigenvalue weighted by atomic mass is 9.82. The first-order valence-electron chi connectivity index (χ1n) is 10.4. The largest absolute Gasteiger partial charge is 0.368 e. The molecular weight excluding hydrogens is 410 g/mol. The predicted octanol–water partition coefficient (Wildman–Crippen LogP) is 5.47. The molecule has 0 aliphatic carbocycles. The highest BCUT2D eigenvalue weighted by Gasteiger charge is 2.12. The SMILES string of the molecule is C=CN\C=C/C(=C\C(CC)c1ccc(Cl)c(F)c1)C(/C=C\CCN)=N\C(C=N)=C\BC. The van der Waals surface area contributed by atoms with Crippen molar-refractivity contribution in [2.24, 2.45) is 10.7 Å². The van der Waals surface area contributed by atoms with Crippen LogP contribution < -0.4 is 11.1 Å². The summed E-state index contributed by atoms with van der Waals surface area (Å²) in [5.41, 5.74) is 8.54. The summed E-state index contributed by atoms with van der Waals surface area (Å²) in [5, 5.41) is 10.7. The first-order valence-corrected chi connectivity index (χ1v) is 10.7. The Balaban J connectivity index is 3.58. The second kappa shape index (κ2) is 15.2. The molecule has 4 nitrogen and oxygen atoms in total. The molecule has 1 aromatic rings. The second-order valence-electron chi connectivity index (χ2n) is 6.67. The summed E-state index contributed by atoms with van der Waals surface area (Å²) in [6.45, 7) is 8.22. The lowest BCUT2D eigenvalue weighted by molar-refractivity contribution is 0.623. The normalized spacial score (nSPS) is 14.2. The molecule has 0 aliphatic rings. The third kappa shape index (κ3) is 9.32. The standard InChI is InChI=1S/C24H31BClFN4/c1-4-18(19-9-10-22(26)23(27)15-19)14-20(11-13-30-5-2)24(8-6-7-12-28)31-21(17-29)16-25-3/h5-6,8-11,13-18,25,29-30H,2,4,7,12,28H2,1,3H3/b8-6-,13-11-,20-14+,21-16+,29-17?,31-24-. The molecule has 1 rings (SSSR count). The number of aliphatic imine (C=N–C) groups is 1. The molecule has 1 atom stereocenters. The Morgan fingerprint density at radius 3 is 2.77 bits per heavy atom. The van der Waals surface area contributed by atoms with Crippen molar-refractivity contribution < 1.29 is 4.39 Å². The lowest BCUT2D eigenvalue weighted by Crippen LogP contribution is -2.05. The molecule has 0 amide bonds. The number of hydrogen-bond acceptors (Lipinski definition) is 4. The predicted molar refractivity (Wildman–Crippen MR) is 135 cm³/mol. The van der Waals surface area contributed by atoms with E-state index in [9.17, 15) is 4.39 Å². The lowest BCUT2D eigenvalue weighted by Gasteiger charge is -2.14. The van der Waals surface area contributed by atoms with Crippen LogP contribution in [-0.4, -0.2) is 25.8 Å². The van der Waals surface area contributed by atoms with E-state index >= 15 is 0 Å². The number of benzene rings is 1. The summed E-state index contributed by atoms with van der Waals surface area (Å²) in [6.07, 6.45) is 13.8. The zero-order valence-electron chi connectivity index (χ0n) is 18.2. The number of halogens is 2. The van der Waals surface area contributed by atoms with E-state index in [1.807, 2.05) is 50.1 Å². The molecule has 1 unspecified atom stereocenters. The van der Waals surface area contributed by atoms with E-state index in [0.29, 0.717) is 24.4 Å². The smallest absolute Gasteiger partial charge is 0.147 e. The fourth-order valence-electron chi connectivity index (χ4n) is 2.82. The molecule has 31 heavy (non-hydrogen) atoms. The molecule has 164 valence electrons. The molecule has 0 aliphatic heterocycles. The highest BCUT2D eigenvalue weighted by Crippen LogP contribution is 2.27. The van der Waals surface area contributed by atoms with E-state index in [1.165, 1.54) is 12.3 Å². The Kier molecular flexibility index (Phi) is 12.9. The molecule has 0 spiro atoms. The monoisotopic (exact) mass is 440 g/mol. The van der Waals surface area contributed by atoms with E-state index in [0.717, 1.165) is 24.8 Å². The molecule has 0 fully saturated rings. The zero-order valence-corrected chi connectivity index (χ0v) is 19.0. The van der Waals surface area contributed by atoms with E-state index in [1.54, 1.807) is 18.5 Å². The quantitative estimate of drug-likeness (QED) is 0.216. The Hall–Kier alpha value is -2.70. The van der Waals surface area contributed by atoms with Gasteiger partial charge in [0.05, 0.1) is 16.4 Å². The zero-order chi connectivity index (χ0) is 23.1. The van der Waals surface area contributed by atoms with E-state index in [4.69, 9.17) is 22.7 Å². The van der Waals surface area contributed by atoms with Gasteiger partial charge in [0.25, 0.3) is 0 Å². The summed E-state index contributed by atoms with van der Waals surface area (Å²) in [4.78, 5) is 4.69. The van der Waals surface area contributed by atoms with Crippen molar-refractivity contribution in [3.8, 4) is 0 Å². The highest BCUT2D eigenvalue weighted by atomic mass is 35.5. The number of hydrogen-bond donors (Lipinski definition) is 3. The average Bonchev–Trinajstić information content (AvgIpc) is 2.77. The van der Waals surface area contributed by atoms with Crippen LogP contribution in [0.25, 0.3) is 0 Å². The van der Waals surface area contributed by atoms with Gasteiger partial charge in [-0.2, -0.15) is 0 Å². The molecule has 4 N–H and O–H groups in total. The van der Waals surface area contributed by atoms with Crippen LogP contribution in [0.15, 0.2) is 83.7 Å². The summed E-state index contributed by atoms with van der Waals surface area (Å²) < 4.78 is 14.1. The van der Waals surface area contributed by atoms with E-state index in [2.05, 4.69) is 16.9 Å².